The van der Waals surface area contributed by atoms with Crippen molar-refractivity contribution in [3.63, 3.8) is 0 Å². The van der Waals surface area contributed by atoms with Gasteiger partial charge in [-0.15, -0.1) is 0 Å². The first-order valence-electron chi connectivity index (χ1n) is 4.91. The lowest BCUT2D eigenvalue weighted by atomic mass is 10.2. The number of hydrogen-bond acceptors (Lipinski definition) is 4. The van der Waals surface area contributed by atoms with Crippen molar-refractivity contribution < 1.29 is 14.1 Å². The molecule has 1 saturated heterocycles. The van der Waals surface area contributed by atoms with Crippen molar-refractivity contribution in [2.24, 2.45) is 0 Å². The maximum atomic E-state index is 13.5. The topological polar surface area (TPSA) is 55.6 Å². The molecule has 16 heavy (non-hydrogen) atoms. The largest absolute Gasteiger partial charge is 0.375 e. The van der Waals surface area contributed by atoms with Gasteiger partial charge < -0.3 is 9.64 Å². The lowest BCUT2D eigenvalue weighted by molar-refractivity contribution is -0.384. The summed E-state index contributed by atoms with van der Waals surface area (Å²) in [6.07, 6.45) is -1.18. The van der Waals surface area contributed by atoms with Gasteiger partial charge in [0.1, 0.15) is 0 Å². The second kappa shape index (κ2) is 4.44. The SMILES string of the molecule is O=[N+]([O-])c1ccc(N2CCOCC2F)cc1. The molecular formula is C10H11FN2O3. The van der Waals surface area contributed by atoms with Crippen molar-refractivity contribution >= 4 is 11.4 Å². The second-order valence-corrected chi connectivity index (χ2v) is 3.48. The van der Waals surface area contributed by atoms with E-state index in [1.54, 1.807) is 12.1 Å². The van der Waals surface area contributed by atoms with Crippen molar-refractivity contribution in [3.05, 3.63) is 34.4 Å². The predicted molar refractivity (Wildman–Crippen MR) is 56.2 cm³/mol. The number of halogens is 1. The molecule has 1 fully saturated rings. The van der Waals surface area contributed by atoms with Crippen molar-refractivity contribution in [2.45, 2.75) is 6.30 Å². The number of nitro groups is 1. The van der Waals surface area contributed by atoms with Crippen LogP contribution in [0.3, 0.4) is 0 Å². The van der Waals surface area contributed by atoms with E-state index in [0.717, 1.165) is 0 Å². The summed E-state index contributed by atoms with van der Waals surface area (Å²) in [5.41, 5.74) is 0.647. The Balaban J connectivity index is 2.17. The molecule has 1 aromatic rings. The smallest absolute Gasteiger partial charge is 0.269 e. The summed E-state index contributed by atoms with van der Waals surface area (Å²) in [5.74, 6) is 0. The zero-order valence-electron chi connectivity index (χ0n) is 8.51. The number of ether oxygens (including phenoxy) is 1. The third-order valence-electron chi connectivity index (χ3n) is 2.46. The van der Waals surface area contributed by atoms with E-state index >= 15 is 0 Å². The van der Waals surface area contributed by atoms with Crippen LogP contribution >= 0.6 is 0 Å². The molecular weight excluding hydrogens is 215 g/mol. The third kappa shape index (κ3) is 2.11. The van der Waals surface area contributed by atoms with E-state index in [9.17, 15) is 14.5 Å². The van der Waals surface area contributed by atoms with Crippen LogP contribution < -0.4 is 4.90 Å². The van der Waals surface area contributed by atoms with Crippen LogP contribution in [0.4, 0.5) is 15.8 Å². The summed E-state index contributed by atoms with van der Waals surface area (Å²) >= 11 is 0. The molecule has 1 unspecified atom stereocenters. The van der Waals surface area contributed by atoms with Crippen molar-refractivity contribution in [1.29, 1.82) is 0 Å². The van der Waals surface area contributed by atoms with Gasteiger partial charge >= 0.3 is 0 Å². The second-order valence-electron chi connectivity index (χ2n) is 3.48. The molecule has 0 amide bonds. The van der Waals surface area contributed by atoms with Crippen LogP contribution in [-0.4, -0.2) is 31.0 Å². The highest BCUT2D eigenvalue weighted by Crippen LogP contribution is 2.23. The number of morpholine rings is 1. The molecule has 0 N–H and O–H groups in total. The van der Waals surface area contributed by atoms with Crippen LogP contribution in [-0.2, 0) is 4.74 Å². The molecule has 5 nitrogen and oxygen atoms in total. The lowest BCUT2D eigenvalue weighted by Crippen LogP contribution is -2.42. The van der Waals surface area contributed by atoms with Gasteiger partial charge in [0.25, 0.3) is 5.69 Å². The molecule has 86 valence electrons. The van der Waals surface area contributed by atoms with Gasteiger partial charge in [0.05, 0.1) is 18.1 Å². The number of nitro benzene ring substituents is 1. The van der Waals surface area contributed by atoms with Crippen molar-refractivity contribution in [1.82, 2.24) is 0 Å². The van der Waals surface area contributed by atoms with Crippen LogP contribution in [0.5, 0.6) is 0 Å². The number of non-ortho nitro benzene ring substituents is 1. The maximum Gasteiger partial charge on any atom is 0.269 e. The molecule has 0 radical (unpaired) electrons. The van der Waals surface area contributed by atoms with Gasteiger partial charge in [-0.1, -0.05) is 0 Å². The fourth-order valence-corrected chi connectivity index (χ4v) is 1.63. The minimum absolute atomic E-state index is 0.00687. The molecule has 0 aromatic heterocycles. The fourth-order valence-electron chi connectivity index (χ4n) is 1.63. The molecule has 0 saturated carbocycles. The molecule has 1 atom stereocenters. The predicted octanol–water partition coefficient (Wildman–Crippen LogP) is 1.73. The van der Waals surface area contributed by atoms with Crippen LogP contribution in [0.15, 0.2) is 24.3 Å². The van der Waals surface area contributed by atoms with Crippen LogP contribution in [0.1, 0.15) is 0 Å². The van der Waals surface area contributed by atoms with Crippen molar-refractivity contribution in [2.75, 3.05) is 24.7 Å². The zero-order chi connectivity index (χ0) is 11.5. The van der Waals surface area contributed by atoms with E-state index in [1.807, 2.05) is 0 Å². The average Bonchev–Trinajstić information content (AvgIpc) is 2.30. The van der Waals surface area contributed by atoms with Gasteiger partial charge in [-0.05, 0) is 12.1 Å². The Morgan fingerprint density at radius 3 is 2.69 bits per heavy atom. The molecule has 0 aliphatic carbocycles. The Kier molecular flexibility index (Phi) is 3.00. The fraction of sp³-hybridized carbons (Fsp3) is 0.400. The maximum absolute atomic E-state index is 13.5. The van der Waals surface area contributed by atoms with Crippen LogP contribution in [0, 0.1) is 10.1 Å². The van der Waals surface area contributed by atoms with Gasteiger partial charge in [-0.3, -0.25) is 10.1 Å². The summed E-state index contributed by atoms with van der Waals surface area (Å²) < 4.78 is 18.4. The number of benzene rings is 1. The molecule has 0 bridgehead atoms. The number of nitrogens with zero attached hydrogens (tertiary/aromatic N) is 2. The normalized spacial score (nSPS) is 20.8. The number of anilines is 1. The molecule has 1 aromatic carbocycles. The summed E-state index contributed by atoms with van der Waals surface area (Å²) in [6, 6.07) is 5.85. The first kappa shape index (κ1) is 10.8. The number of hydrogen-bond donors (Lipinski definition) is 0. The lowest BCUT2D eigenvalue weighted by Gasteiger charge is -2.32. The Hall–Kier alpha value is -1.69. The van der Waals surface area contributed by atoms with Crippen molar-refractivity contribution in [3.8, 4) is 0 Å². The summed E-state index contributed by atoms with van der Waals surface area (Å²) in [5, 5.41) is 10.5. The Labute approximate surface area is 91.6 Å². The van der Waals surface area contributed by atoms with Gasteiger partial charge in [0.2, 0.25) is 0 Å². The first-order chi connectivity index (χ1) is 7.68. The molecule has 0 spiro atoms. The molecule has 6 heteroatoms. The first-order valence-corrected chi connectivity index (χ1v) is 4.91. The van der Waals surface area contributed by atoms with E-state index in [0.29, 0.717) is 18.8 Å². The Morgan fingerprint density at radius 1 is 1.44 bits per heavy atom. The Bertz CT molecular complexity index is 382. The summed E-state index contributed by atoms with van der Waals surface area (Å²) in [6.45, 7) is 0.966. The number of rotatable bonds is 2. The molecule has 1 heterocycles. The van der Waals surface area contributed by atoms with Gasteiger partial charge in [0, 0.05) is 24.4 Å². The standard InChI is InChI=1S/C10H11FN2O3/c11-10-7-16-6-5-12(10)8-1-3-9(4-2-8)13(14)15/h1-4,10H,5-7H2. The Morgan fingerprint density at radius 2 is 2.12 bits per heavy atom. The van der Waals surface area contributed by atoms with Gasteiger partial charge in [-0.2, -0.15) is 0 Å². The monoisotopic (exact) mass is 226 g/mol. The van der Waals surface area contributed by atoms with E-state index < -0.39 is 11.2 Å². The molecule has 1 aliphatic heterocycles. The highest BCUT2D eigenvalue weighted by Gasteiger charge is 2.22. The average molecular weight is 226 g/mol. The third-order valence-corrected chi connectivity index (χ3v) is 2.46. The van der Waals surface area contributed by atoms with E-state index in [-0.39, 0.29) is 12.3 Å². The van der Waals surface area contributed by atoms with Crippen LogP contribution in [0.25, 0.3) is 0 Å². The van der Waals surface area contributed by atoms with E-state index in [4.69, 9.17) is 4.74 Å². The quantitative estimate of drug-likeness (QED) is 0.437. The van der Waals surface area contributed by atoms with Crippen LogP contribution in [0.2, 0.25) is 0 Å². The highest BCUT2D eigenvalue weighted by molar-refractivity contribution is 5.51. The number of alkyl halides is 1. The summed E-state index contributed by atoms with van der Waals surface area (Å²) in [4.78, 5) is 11.5. The molecule has 2 rings (SSSR count). The van der Waals surface area contributed by atoms with Gasteiger partial charge in [-0.25, -0.2) is 4.39 Å². The van der Waals surface area contributed by atoms with Gasteiger partial charge in [0.15, 0.2) is 6.30 Å². The van der Waals surface area contributed by atoms with E-state index in [2.05, 4.69) is 0 Å². The minimum Gasteiger partial charge on any atom is -0.375 e. The zero-order valence-corrected chi connectivity index (χ0v) is 8.51. The minimum atomic E-state index is -1.18. The molecule has 1 aliphatic rings. The highest BCUT2D eigenvalue weighted by atomic mass is 19.1. The summed E-state index contributed by atoms with van der Waals surface area (Å²) in [7, 11) is 0. The van der Waals surface area contributed by atoms with E-state index in [1.165, 1.54) is 17.0 Å².